The van der Waals surface area contributed by atoms with Gasteiger partial charge < -0.3 is 10.4 Å². The van der Waals surface area contributed by atoms with Gasteiger partial charge in [0, 0.05) is 36.1 Å². The smallest absolute Gasteiger partial charge is 0.243 e. The van der Waals surface area contributed by atoms with Crippen molar-refractivity contribution in [3.05, 3.63) is 30.5 Å². The fraction of sp³-hybridized carbons (Fsp3) is 0.400. The molecule has 3 rings (SSSR count). The van der Waals surface area contributed by atoms with E-state index in [-0.39, 0.29) is 16.8 Å². The second kappa shape index (κ2) is 5.83. The Kier molecular flexibility index (Phi) is 4.03. The van der Waals surface area contributed by atoms with Crippen LogP contribution in [0, 0.1) is 0 Å². The number of hydrogen-bond acceptors (Lipinski definition) is 5. The maximum Gasteiger partial charge on any atom is 0.243 e. The monoisotopic (exact) mass is 321 g/mol. The van der Waals surface area contributed by atoms with Gasteiger partial charge in [-0.2, -0.15) is 4.31 Å². The number of rotatable bonds is 2. The van der Waals surface area contributed by atoms with Crippen molar-refractivity contribution < 1.29 is 13.5 Å². The lowest BCUT2D eigenvalue weighted by Crippen LogP contribution is -2.41. The van der Waals surface area contributed by atoms with Crippen LogP contribution in [0.25, 0.3) is 10.8 Å². The lowest BCUT2D eigenvalue weighted by molar-refractivity contribution is 0.354. The standard InChI is InChI=1S/C15H19N3O3S/c1-11-10-16-7-3-9-18(11)22(20,21)14-5-2-4-13-12(14)6-8-17-15(13)19/h2,4-6,8,11,16H,3,7,9-10H2,1H3,(H,17,19). The molecule has 1 fully saturated rings. The highest BCUT2D eigenvalue weighted by molar-refractivity contribution is 7.89. The Labute approximate surface area is 129 Å². The zero-order valence-corrected chi connectivity index (χ0v) is 13.2. The van der Waals surface area contributed by atoms with Gasteiger partial charge in [0.15, 0.2) is 0 Å². The Morgan fingerprint density at radius 3 is 2.95 bits per heavy atom. The summed E-state index contributed by atoms with van der Waals surface area (Å²) >= 11 is 0. The SMILES string of the molecule is CC1CNCCCN1S(=O)(=O)c1cccc2c(O)nccc12. The first-order valence-corrected chi connectivity index (χ1v) is 8.75. The van der Waals surface area contributed by atoms with E-state index in [4.69, 9.17) is 0 Å². The fourth-order valence-corrected chi connectivity index (χ4v) is 4.74. The topological polar surface area (TPSA) is 82.5 Å². The highest BCUT2D eigenvalue weighted by atomic mass is 32.2. The minimum absolute atomic E-state index is 0.113. The number of sulfonamides is 1. The third-order valence-corrected chi connectivity index (χ3v) is 6.07. The molecule has 1 aromatic heterocycles. The van der Waals surface area contributed by atoms with Crippen LogP contribution in [0.3, 0.4) is 0 Å². The molecular formula is C15H19N3O3S. The number of hydrogen-bond donors (Lipinski definition) is 2. The lowest BCUT2D eigenvalue weighted by atomic mass is 10.2. The van der Waals surface area contributed by atoms with Crippen LogP contribution in [-0.2, 0) is 10.0 Å². The first-order valence-electron chi connectivity index (χ1n) is 7.31. The molecule has 0 amide bonds. The Morgan fingerprint density at radius 1 is 1.32 bits per heavy atom. The number of benzene rings is 1. The van der Waals surface area contributed by atoms with Crippen LogP contribution >= 0.6 is 0 Å². The van der Waals surface area contributed by atoms with Crippen molar-refractivity contribution >= 4 is 20.8 Å². The van der Waals surface area contributed by atoms with Gasteiger partial charge in [0.25, 0.3) is 0 Å². The summed E-state index contributed by atoms with van der Waals surface area (Å²) in [6.45, 7) is 3.84. The van der Waals surface area contributed by atoms with Gasteiger partial charge in [-0.05, 0) is 38.1 Å². The molecule has 1 aromatic carbocycles. The molecular weight excluding hydrogens is 302 g/mol. The van der Waals surface area contributed by atoms with Gasteiger partial charge in [-0.1, -0.05) is 6.07 Å². The molecule has 2 heterocycles. The van der Waals surface area contributed by atoms with Gasteiger partial charge in [0.1, 0.15) is 0 Å². The van der Waals surface area contributed by atoms with Gasteiger partial charge in [-0.15, -0.1) is 0 Å². The molecule has 2 N–H and O–H groups in total. The highest BCUT2D eigenvalue weighted by Gasteiger charge is 2.31. The van der Waals surface area contributed by atoms with Crippen molar-refractivity contribution in [2.45, 2.75) is 24.3 Å². The minimum atomic E-state index is -3.62. The Hall–Kier alpha value is -1.70. The van der Waals surface area contributed by atoms with Gasteiger partial charge >= 0.3 is 0 Å². The number of pyridine rings is 1. The molecule has 118 valence electrons. The molecule has 1 aliphatic rings. The maximum atomic E-state index is 13.1. The van der Waals surface area contributed by atoms with Crippen LogP contribution in [0.5, 0.6) is 5.88 Å². The molecule has 1 atom stereocenters. The Balaban J connectivity index is 2.15. The van der Waals surface area contributed by atoms with Gasteiger partial charge in [-0.3, -0.25) is 0 Å². The van der Waals surface area contributed by atoms with Crippen molar-refractivity contribution in [3.63, 3.8) is 0 Å². The van der Waals surface area contributed by atoms with E-state index in [0.29, 0.717) is 23.9 Å². The van der Waals surface area contributed by atoms with Crippen LogP contribution in [0.4, 0.5) is 0 Å². The predicted molar refractivity (Wildman–Crippen MR) is 84.2 cm³/mol. The molecule has 22 heavy (non-hydrogen) atoms. The first kappa shape index (κ1) is 15.2. The molecule has 0 bridgehead atoms. The van der Waals surface area contributed by atoms with E-state index < -0.39 is 10.0 Å². The van der Waals surface area contributed by atoms with Crippen LogP contribution in [0.15, 0.2) is 35.4 Å². The second-order valence-corrected chi connectivity index (χ2v) is 7.37. The molecule has 0 saturated carbocycles. The van der Waals surface area contributed by atoms with E-state index >= 15 is 0 Å². The summed E-state index contributed by atoms with van der Waals surface area (Å²) in [6, 6.07) is 6.41. The summed E-state index contributed by atoms with van der Waals surface area (Å²) in [5.41, 5.74) is 0. The van der Waals surface area contributed by atoms with Gasteiger partial charge in [-0.25, -0.2) is 13.4 Å². The zero-order chi connectivity index (χ0) is 15.7. The summed E-state index contributed by atoms with van der Waals surface area (Å²) in [5, 5.41) is 14.0. The highest BCUT2D eigenvalue weighted by Crippen LogP contribution is 2.30. The fourth-order valence-electron chi connectivity index (χ4n) is 2.86. The summed E-state index contributed by atoms with van der Waals surface area (Å²) < 4.78 is 27.7. The quantitative estimate of drug-likeness (QED) is 0.871. The molecule has 7 heteroatoms. The summed E-state index contributed by atoms with van der Waals surface area (Å²) in [6.07, 6.45) is 2.20. The molecule has 0 spiro atoms. The normalized spacial score (nSPS) is 20.9. The van der Waals surface area contributed by atoms with E-state index in [9.17, 15) is 13.5 Å². The second-order valence-electron chi connectivity index (χ2n) is 5.51. The Morgan fingerprint density at radius 2 is 2.14 bits per heavy atom. The Bertz CT molecular complexity index is 792. The third-order valence-electron chi connectivity index (χ3n) is 4.00. The van der Waals surface area contributed by atoms with Crippen LogP contribution in [0.1, 0.15) is 13.3 Å². The average Bonchev–Trinajstić information content (AvgIpc) is 2.72. The van der Waals surface area contributed by atoms with E-state index in [0.717, 1.165) is 13.0 Å². The largest absolute Gasteiger partial charge is 0.493 e. The molecule has 0 radical (unpaired) electrons. The number of aromatic nitrogens is 1. The first-order chi connectivity index (χ1) is 10.5. The lowest BCUT2D eigenvalue weighted by Gasteiger charge is -2.26. The van der Waals surface area contributed by atoms with E-state index in [1.807, 2.05) is 6.92 Å². The van der Waals surface area contributed by atoms with Crippen LogP contribution in [0.2, 0.25) is 0 Å². The van der Waals surface area contributed by atoms with Crippen LogP contribution < -0.4 is 5.32 Å². The predicted octanol–water partition coefficient (Wildman–Crippen LogP) is 1.31. The molecule has 1 saturated heterocycles. The summed E-state index contributed by atoms with van der Waals surface area (Å²) in [5.74, 6) is -0.153. The van der Waals surface area contributed by atoms with Crippen molar-refractivity contribution in [1.82, 2.24) is 14.6 Å². The summed E-state index contributed by atoms with van der Waals surface area (Å²) in [7, 11) is -3.62. The number of nitrogens with zero attached hydrogens (tertiary/aromatic N) is 2. The van der Waals surface area contributed by atoms with Crippen molar-refractivity contribution in [3.8, 4) is 5.88 Å². The number of aromatic hydroxyl groups is 1. The van der Waals surface area contributed by atoms with Crippen molar-refractivity contribution in [2.75, 3.05) is 19.6 Å². The maximum absolute atomic E-state index is 13.1. The van der Waals surface area contributed by atoms with E-state index in [1.54, 1.807) is 28.6 Å². The van der Waals surface area contributed by atoms with Crippen LogP contribution in [-0.4, -0.2) is 48.5 Å². The molecule has 2 aromatic rings. The van der Waals surface area contributed by atoms with Crippen molar-refractivity contribution in [1.29, 1.82) is 0 Å². The average molecular weight is 321 g/mol. The van der Waals surface area contributed by atoms with Gasteiger partial charge in [0.2, 0.25) is 15.9 Å². The number of fused-ring (bicyclic) bond motifs is 1. The third kappa shape index (κ3) is 2.55. The molecule has 6 nitrogen and oxygen atoms in total. The van der Waals surface area contributed by atoms with Crippen molar-refractivity contribution in [2.24, 2.45) is 0 Å². The molecule has 1 aliphatic heterocycles. The zero-order valence-electron chi connectivity index (χ0n) is 12.4. The molecule has 1 unspecified atom stereocenters. The van der Waals surface area contributed by atoms with E-state index in [1.165, 1.54) is 6.20 Å². The molecule has 0 aliphatic carbocycles. The number of nitrogens with one attached hydrogen (secondary N) is 1. The summed E-state index contributed by atoms with van der Waals surface area (Å²) in [4.78, 5) is 4.03. The van der Waals surface area contributed by atoms with E-state index in [2.05, 4.69) is 10.3 Å². The minimum Gasteiger partial charge on any atom is -0.493 e. The van der Waals surface area contributed by atoms with Gasteiger partial charge in [0.05, 0.1) is 4.90 Å².